The second-order valence-corrected chi connectivity index (χ2v) is 7.87. The van der Waals surface area contributed by atoms with Crippen LogP contribution in [0.15, 0.2) is 41.3 Å². The third-order valence-corrected chi connectivity index (χ3v) is 4.82. The molecule has 2 rings (SSSR count). The zero-order valence-corrected chi connectivity index (χ0v) is 14.2. The van der Waals surface area contributed by atoms with Crippen LogP contribution in [0.3, 0.4) is 0 Å². The van der Waals surface area contributed by atoms with E-state index in [0.29, 0.717) is 15.8 Å². The van der Waals surface area contributed by atoms with Crippen LogP contribution < -0.4 is 4.74 Å². The summed E-state index contributed by atoms with van der Waals surface area (Å²) in [5.74, 6) is 0.326. The average molecular weight is 386 g/mol. The molecule has 0 heterocycles. The number of hydrogen-bond acceptors (Lipinski definition) is 3. The largest absolute Gasteiger partial charge is 0.487 e. The van der Waals surface area contributed by atoms with Crippen molar-refractivity contribution in [2.24, 2.45) is 0 Å². The molecule has 3 nitrogen and oxygen atoms in total. The van der Waals surface area contributed by atoms with Crippen molar-refractivity contribution in [3.8, 4) is 5.75 Å². The number of halogens is 4. The second kappa shape index (κ2) is 6.63. The Bertz CT molecular complexity index is 775. The molecule has 8 heteroatoms. The summed E-state index contributed by atoms with van der Waals surface area (Å²) < 4.78 is 27.9. The highest BCUT2D eigenvalue weighted by atomic mass is 35.7. The third kappa shape index (κ3) is 4.41. The van der Waals surface area contributed by atoms with Gasteiger partial charge in [0, 0.05) is 26.3 Å². The Balaban J connectivity index is 2.17. The van der Waals surface area contributed by atoms with Gasteiger partial charge in [-0.2, -0.15) is 0 Å². The molecule has 0 radical (unpaired) electrons. The summed E-state index contributed by atoms with van der Waals surface area (Å²) in [6.07, 6.45) is 0. The minimum Gasteiger partial charge on any atom is -0.487 e. The van der Waals surface area contributed by atoms with Gasteiger partial charge >= 0.3 is 0 Å². The molecule has 0 saturated carbocycles. The lowest BCUT2D eigenvalue weighted by atomic mass is 10.2. The molecule has 0 aliphatic carbocycles. The fourth-order valence-corrected chi connectivity index (χ4v) is 3.08. The van der Waals surface area contributed by atoms with Gasteiger partial charge in [-0.3, -0.25) is 0 Å². The Morgan fingerprint density at radius 2 is 1.67 bits per heavy atom. The Morgan fingerprint density at radius 1 is 0.952 bits per heavy atom. The monoisotopic (exact) mass is 384 g/mol. The molecule has 0 atom stereocenters. The maximum absolute atomic E-state index is 11.2. The van der Waals surface area contributed by atoms with Gasteiger partial charge in [-0.1, -0.05) is 40.9 Å². The van der Waals surface area contributed by atoms with Crippen molar-refractivity contribution in [3.63, 3.8) is 0 Å². The summed E-state index contributed by atoms with van der Waals surface area (Å²) in [5, 5.41) is 1.14. The van der Waals surface area contributed by atoms with E-state index in [-0.39, 0.29) is 16.5 Å². The van der Waals surface area contributed by atoms with Crippen LogP contribution in [0.4, 0.5) is 0 Å². The van der Waals surface area contributed by atoms with E-state index >= 15 is 0 Å². The highest BCUT2D eigenvalue weighted by Gasteiger charge is 2.13. The molecule has 0 aliphatic rings. The van der Waals surface area contributed by atoms with Crippen LogP contribution in [0.2, 0.25) is 15.1 Å². The van der Waals surface area contributed by atoms with Crippen LogP contribution in [0.25, 0.3) is 0 Å². The summed E-state index contributed by atoms with van der Waals surface area (Å²) in [7, 11) is 1.41. The van der Waals surface area contributed by atoms with Crippen LogP contribution in [0.1, 0.15) is 5.56 Å². The minimum absolute atomic E-state index is 0.0916. The molecule has 0 aromatic heterocycles. The minimum atomic E-state index is -3.82. The lowest BCUT2D eigenvalue weighted by Crippen LogP contribution is -1.98. The summed E-state index contributed by atoms with van der Waals surface area (Å²) in [6, 6.07) is 9.00. The highest BCUT2D eigenvalue weighted by Crippen LogP contribution is 2.30. The molecular weight excluding hydrogens is 378 g/mol. The van der Waals surface area contributed by atoms with Crippen LogP contribution in [0, 0.1) is 0 Å². The smallest absolute Gasteiger partial charge is 0.261 e. The maximum Gasteiger partial charge on any atom is 0.261 e. The van der Waals surface area contributed by atoms with E-state index in [1.165, 1.54) is 18.2 Å². The Kier molecular flexibility index (Phi) is 5.28. The maximum atomic E-state index is 11.2. The van der Waals surface area contributed by atoms with Gasteiger partial charge in [0.1, 0.15) is 12.4 Å². The molecule has 0 spiro atoms. The van der Waals surface area contributed by atoms with Crippen LogP contribution in [-0.2, 0) is 15.7 Å². The van der Waals surface area contributed by atoms with Crippen molar-refractivity contribution >= 4 is 54.5 Å². The van der Waals surface area contributed by atoms with Gasteiger partial charge < -0.3 is 4.74 Å². The molecular formula is C13H8Cl4O3S. The lowest BCUT2D eigenvalue weighted by Gasteiger charge is -2.10. The van der Waals surface area contributed by atoms with Gasteiger partial charge in [0.25, 0.3) is 9.05 Å². The number of benzene rings is 2. The fourth-order valence-electron chi connectivity index (χ4n) is 1.54. The first-order valence-electron chi connectivity index (χ1n) is 5.58. The van der Waals surface area contributed by atoms with Crippen LogP contribution in [0.5, 0.6) is 5.75 Å². The predicted molar refractivity (Wildman–Crippen MR) is 85.3 cm³/mol. The van der Waals surface area contributed by atoms with E-state index in [0.717, 1.165) is 5.56 Å². The Morgan fingerprint density at radius 3 is 2.24 bits per heavy atom. The van der Waals surface area contributed by atoms with Crippen molar-refractivity contribution in [1.82, 2.24) is 0 Å². The van der Waals surface area contributed by atoms with Gasteiger partial charge in [0.15, 0.2) is 0 Å². The summed E-state index contributed by atoms with van der Waals surface area (Å²) in [4.78, 5) is -0.0916. The predicted octanol–water partition coefficient (Wildman–Crippen LogP) is 5.15. The van der Waals surface area contributed by atoms with E-state index in [9.17, 15) is 8.42 Å². The van der Waals surface area contributed by atoms with E-state index in [2.05, 4.69) is 0 Å². The van der Waals surface area contributed by atoms with E-state index in [1.54, 1.807) is 18.2 Å². The van der Waals surface area contributed by atoms with Gasteiger partial charge in [-0.05, 0) is 30.3 Å². The van der Waals surface area contributed by atoms with E-state index < -0.39 is 9.05 Å². The quantitative estimate of drug-likeness (QED) is 0.683. The van der Waals surface area contributed by atoms with Crippen molar-refractivity contribution in [2.75, 3.05) is 0 Å². The van der Waals surface area contributed by atoms with E-state index in [1.807, 2.05) is 0 Å². The SMILES string of the molecule is O=S(=O)(Cl)c1ccc(OCc2ccc(Cl)cc2Cl)c(Cl)c1. The van der Waals surface area contributed by atoms with Crippen LogP contribution >= 0.6 is 45.5 Å². The second-order valence-electron chi connectivity index (χ2n) is 4.05. The molecule has 0 aliphatic heterocycles. The zero-order valence-electron chi connectivity index (χ0n) is 10.3. The Labute approximate surface area is 141 Å². The number of rotatable bonds is 4. The molecule has 0 saturated heterocycles. The number of ether oxygens (including phenoxy) is 1. The first-order chi connectivity index (χ1) is 9.77. The fraction of sp³-hybridized carbons (Fsp3) is 0.0769. The van der Waals surface area contributed by atoms with Crippen molar-refractivity contribution in [1.29, 1.82) is 0 Å². The third-order valence-electron chi connectivity index (χ3n) is 2.58. The molecule has 0 bridgehead atoms. The van der Waals surface area contributed by atoms with Crippen LogP contribution in [-0.4, -0.2) is 8.42 Å². The average Bonchev–Trinajstić information content (AvgIpc) is 2.38. The Hall–Kier alpha value is -0.650. The zero-order chi connectivity index (χ0) is 15.6. The van der Waals surface area contributed by atoms with Crippen molar-refractivity contribution in [2.45, 2.75) is 11.5 Å². The molecule has 2 aromatic rings. The van der Waals surface area contributed by atoms with Gasteiger partial charge in [0.05, 0.1) is 9.92 Å². The lowest BCUT2D eigenvalue weighted by molar-refractivity contribution is 0.306. The first-order valence-corrected chi connectivity index (χ1v) is 9.02. The highest BCUT2D eigenvalue weighted by molar-refractivity contribution is 8.13. The molecule has 112 valence electrons. The number of hydrogen-bond donors (Lipinski definition) is 0. The molecule has 0 N–H and O–H groups in total. The van der Waals surface area contributed by atoms with Gasteiger partial charge in [-0.25, -0.2) is 8.42 Å². The molecule has 0 amide bonds. The summed E-state index contributed by atoms with van der Waals surface area (Å²) >= 11 is 17.8. The van der Waals surface area contributed by atoms with E-state index in [4.69, 9.17) is 50.2 Å². The standard InChI is InChI=1S/C13H8Cl4O3S/c14-9-2-1-8(11(15)5-9)7-20-13-4-3-10(6-12(13)16)21(17,18)19/h1-6H,7H2. The van der Waals surface area contributed by atoms with Crippen molar-refractivity contribution in [3.05, 3.63) is 57.0 Å². The topological polar surface area (TPSA) is 43.4 Å². The van der Waals surface area contributed by atoms with Gasteiger partial charge in [-0.15, -0.1) is 0 Å². The van der Waals surface area contributed by atoms with Crippen molar-refractivity contribution < 1.29 is 13.2 Å². The first kappa shape index (κ1) is 16.7. The molecule has 0 fully saturated rings. The molecule has 21 heavy (non-hydrogen) atoms. The normalized spacial score (nSPS) is 11.4. The molecule has 2 aromatic carbocycles. The molecule has 0 unspecified atom stereocenters. The summed E-state index contributed by atoms with van der Waals surface area (Å²) in [6.45, 7) is 0.169. The van der Waals surface area contributed by atoms with Gasteiger partial charge in [0.2, 0.25) is 0 Å². The summed E-state index contributed by atoms with van der Waals surface area (Å²) in [5.41, 5.74) is 0.728.